The number of primary amides is 1. The molecule has 1 aliphatic heterocycles. The number of halogens is 1. The normalized spacial score (nSPS) is 23.8. The molecule has 1 amide bonds. The molecule has 0 aromatic heterocycles. The molecule has 3 unspecified atom stereocenters. The molecule has 0 bridgehead atoms. The largest absolute Gasteiger partial charge is 0.369 e. The maximum Gasteiger partial charge on any atom is 0.222 e. The third-order valence-electron chi connectivity index (χ3n) is 5.87. The van der Waals surface area contributed by atoms with Crippen LogP contribution in [0.15, 0.2) is 29.3 Å². The summed E-state index contributed by atoms with van der Waals surface area (Å²) in [4.78, 5) is 19.0. The maximum absolute atomic E-state index is 13.1. The molecule has 6 heteroatoms. The van der Waals surface area contributed by atoms with E-state index < -0.39 is 5.92 Å². The Morgan fingerprint density at radius 2 is 1.89 bits per heavy atom. The van der Waals surface area contributed by atoms with Crippen LogP contribution in [0.3, 0.4) is 0 Å². The summed E-state index contributed by atoms with van der Waals surface area (Å²) in [6.45, 7) is 5.30. The lowest BCUT2D eigenvalue weighted by atomic mass is 9.82. The number of rotatable bonds is 6. The fourth-order valence-electron chi connectivity index (χ4n) is 4.36. The summed E-state index contributed by atoms with van der Waals surface area (Å²) in [5.74, 6) is 1.39. The first-order chi connectivity index (χ1) is 13.1. The van der Waals surface area contributed by atoms with Gasteiger partial charge in [-0.05, 0) is 55.7 Å². The topological polar surface area (TPSA) is 70.7 Å². The molecule has 1 saturated carbocycles. The van der Waals surface area contributed by atoms with Gasteiger partial charge in [0.25, 0.3) is 0 Å². The smallest absolute Gasteiger partial charge is 0.222 e. The van der Waals surface area contributed by atoms with E-state index in [1.807, 2.05) is 0 Å². The highest BCUT2D eigenvalue weighted by Gasteiger charge is 2.35. The maximum atomic E-state index is 13.1. The second-order valence-electron chi connectivity index (χ2n) is 7.83. The van der Waals surface area contributed by atoms with Crippen LogP contribution >= 0.6 is 0 Å². The van der Waals surface area contributed by atoms with Crippen LogP contribution in [0.5, 0.6) is 0 Å². The fraction of sp³-hybridized carbons (Fsp3) is 0.619. The summed E-state index contributed by atoms with van der Waals surface area (Å²) in [7, 11) is 0. The van der Waals surface area contributed by atoms with Crippen molar-refractivity contribution in [3.8, 4) is 0 Å². The second-order valence-corrected chi connectivity index (χ2v) is 7.83. The van der Waals surface area contributed by atoms with Crippen molar-refractivity contribution in [3.63, 3.8) is 0 Å². The van der Waals surface area contributed by atoms with Crippen molar-refractivity contribution in [2.45, 2.75) is 39.0 Å². The number of nitrogens with two attached hydrogens (primary N) is 1. The van der Waals surface area contributed by atoms with E-state index in [1.54, 1.807) is 12.1 Å². The minimum absolute atomic E-state index is 0.280. The van der Waals surface area contributed by atoms with Gasteiger partial charge in [-0.1, -0.05) is 25.0 Å². The Labute approximate surface area is 161 Å². The van der Waals surface area contributed by atoms with Crippen LogP contribution in [0.25, 0.3) is 0 Å². The number of likely N-dealkylation sites (tertiary alicyclic amines) is 1. The van der Waals surface area contributed by atoms with E-state index >= 15 is 0 Å². The number of nitrogens with one attached hydrogen (secondary N) is 1. The van der Waals surface area contributed by atoms with E-state index in [1.165, 1.54) is 37.8 Å². The summed E-state index contributed by atoms with van der Waals surface area (Å²) in [5, 5.41) is 3.37. The van der Waals surface area contributed by atoms with E-state index in [2.05, 4.69) is 17.1 Å². The van der Waals surface area contributed by atoms with Crippen LogP contribution in [0.2, 0.25) is 0 Å². The van der Waals surface area contributed by atoms with E-state index in [4.69, 9.17) is 10.7 Å². The quantitative estimate of drug-likeness (QED) is 0.594. The molecule has 1 heterocycles. The third kappa shape index (κ3) is 5.21. The van der Waals surface area contributed by atoms with Crippen molar-refractivity contribution in [3.05, 3.63) is 35.6 Å². The number of benzene rings is 1. The Kier molecular flexibility index (Phi) is 6.69. The molecular formula is C21H31FN4O. The molecule has 148 valence electrons. The molecule has 1 aromatic rings. The number of amides is 1. The zero-order chi connectivity index (χ0) is 19.2. The van der Waals surface area contributed by atoms with Crippen molar-refractivity contribution in [1.82, 2.24) is 10.2 Å². The molecule has 1 aromatic carbocycles. The number of carbonyl (C=O) groups is 1. The van der Waals surface area contributed by atoms with Gasteiger partial charge in [-0.2, -0.15) is 0 Å². The van der Waals surface area contributed by atoms with Gasteiger partial charge in [0.2, 0.25) is 5.91 Å². The molecule has 3 rings (SSSR count). The number of hydrogen-bond donors (Lipinski definition) is 2. The zero-order valence-electron chi connectivity index (χ0n) is 16.2. The van der Waals surface area contributed by atoms with Gasteiger partial charge in [0.05, 0.1) is 12.5 Å². The van der Waals surface area contributed by atoms with Gasteiger partial charge in [0.1, 0.15) is 5.82 Å². The van der Waals surface area contributed by atoms with Crippen LogP contribution in [0, 0.1) is 23.6 Å². The Hall–Kier alpha value is -2.11. The summed E-state index contributed by atoms with van der Waals surface area (Å²) < 4.78 is 13.1. The summed E-state index contributed by atoms with van der Waals surface area (Å²) >= 11 is 0. The van der Waals surface area contributed by atoms with Gasteiger partial charge in [0, 0.05) is 19.6 Å². The average molecular weight is 375 g/mol. The molecule has 2 fully saturated rings. The van der Waals surface area contributed by atoms with Crippen LogP contribution in [0.4, 0.5) is 4.39 Å². The van der Waals surface area contributed by atoms with Crippen LogP contribution in [0.1, 0.15) is 38.2 Å². The first-order valence-corrected chi connectivity index (χ1v) is 10.1. The molecule has 3 N–H and O–H groups in total. The third-order valence-corrected chi connectivity index (χ3v) is 5.87. The minimum atomic E-state index is -0.394. The fourth-order valence-corrected chi connectivity index (χ4v) is 4.36. The Morgan fingerprint density at radius 1 is 1.26 bits per heavy atom. The predicted molar refractivity (Wildman–Crippen MR) is 106 cm³/mol. The number of fused-ring (bicyclic) bond motifs is 1. The highest BCUT2D eigenvalue weighted by atomic mass is 19.1. The molecule has 1 aliphatic carbocycles. The molecule has 3 atom stereocenters. The molecule has 2 aliphatic rings. The molecule has 1 saturated heterocycles. The van der Waals surface area contributed by atoms with Crippen LogP contribution < -0.4 is 11.1 Å². The van der Waals surface area contributed by atoms with Crippen LogP contribution in [-0.2, 0) is 11.2 Å². The SMILES string of the molecule is CCNC(=NCC(Cc1ccc(F)cc1)C(N)=O)N1CC2CCCCC2C1. The van der Waals surface area contributed by atoms with Crippen molar-refractivity contribution in [2.75, 3.05) is 26.2 Å². The number of carbonyl (C=O) groups excluding carboxylic acids is 1. The molecular weight excluding hydrogens is 343 g/mol. The van der Waals surface area contributed by atoms with E-state index in [0.717, 1.165) is 43.0 Å². The zero-order valence-corrected chi connectivity index (χ0v) is 16.2. The first kappa shape index (κ1) is 19.6. The van der Waals surface area contributed by atoms with Gasteiger partial charge in [0.15, 0.2) is 5.96 Å². The summed E-state index contributed by atoms with van der Waals surface area (Å²) in [5.41, 5.74) is 6.50. The van der Waals surface area contributed by atoms with Gasteiger partial charge < -0.3 is 16.0 Å². The lowest BCUT2D eigenvalue weighted by molar-refractivity contribution is -0.121. The first-order valence-electron chi connectivity index (χ1n) is 10.1. The van der Waals surface area contributed by atoms with E-state index in [0.29, 0.717) is 13.0 Å². The highest BCUT2D eigenvalue weighted by molar-refractivity contribution is 5.81. The molecule has 0 radical (unpaired) electrons. The Balaban J connectivity index is 1.66. The molecule has 27 heavy (non-hydrogen) atoms. The van der Waals surface area contributed by atoms with Gasteiger partial charge in [-0.3, -0.25) is 9.79 Å². The lowest BCUT2D eigenvalue weighted by Crippen LogP contribution is -2.41. The predicted octanol–water partition coefficient (Wildman–Crippen LogP) is 2.56. The van der Waals surface area contributed by atoms with E-state index in [-0.39, 0.29) is 11.7 Å². The Morgan fingerprint density at radius 3 is 2.44 bits per heavy atom. The highest BCUT2D eigenvalue weighted by Crippen LogP contribution is 2.35. The number of guanidine groups is 1. The number of hydrogen-bond acceptors (Lipinski definition) is 2. The van der Waals surface area contributed by atoms with Crippen molar-refractivity contribution in [1.29, 1.82) is 0 Å². The Bertz CT molecular complexity index is 647. The molecule has 0 spiro atoms. The number of nitrogens with zero attached hydrogens (tertiary/aromatic N) is 2. The van der Waals surface area contributed by atoms with Crippen molar-refractivity contribution >= 4 is 11.9 Å². The minimum Gasteiger partial charge on any atom is -0.369 e. The van der Waals surface area contributed by atoms with Crippen LogP contribution in [-0.4, -0.2) is 42.9 Å². The summed E-state index contributed by atoms with van der Waals surface area (Å²) in [6, 6.07) is 6.22. The standard InChI is InChI=1S/C21H31FN4O/c1-2-24-21(26-13-16-5-3-4-6-17(16)14-26)25-12-18(20(23)27)11-15-7-9-19(22)10-8-15/h7-10,16-18H,2-6,11-14H2,1H3,(H2,23,27)(H,24,25). The summed E-state index contributed by atoms with van der Waals surface area (Å²) in [6.07, 6.45) is 5.78. The van der Waals surface area contributed by atoms with Crippen molar-refractivity contribution < 1.29 is 9.18 Å². The van der Waals surface area contributed by atoms with Crippen molar-refractivity contribution in [2.24, 2.45) is 28.5 Å². The average Bonchev–Trinajstić information content (AvgIpc) is 3.09. The van der Waals surface area contributed by atoms with Gasteiger partial charge in [-0.15, -0.1) is 0 Å². The lowest BCUT2D eigenvalue weighted by Gasteiger charge is -2.22. The van der Waals surface area contributed by atoms with Gasteiger partial charge in [-0.25, -0.2) is 4.39 Å². The number of aliphatic imine (C=N–C) groups is 1. The monoisotopic (exact) mass is 374 g/mol. The van der Waals surface area contributed by atoms with E-state index in [9.17, 15) is 9.18 Å². The second kappa shape index (κ2) is 9.20. The van der Waals surface area contributed by atoms with Gasteiger partial charge >= 0.3 is 0 Å². The molecule has 5 nitrogen and oxygen atoms in total.